The Kier molecular flexibility index (Phi) is 4.46. The molecule has 0 radical (unpaired) electrons. The maximum atomic E-state index is 6.15. The van der Waals surface area contributed by atoms with E-state index in [4.69, 9.17) is 5.73 Å². The van der Waals surface area contributed by atoms with Gasteiger partial charge in [0.25, 0.3) is 0 Å². The van der Waals surface area contributed by atoms with Crippen LogP contribution in [0, 0.1) is 5.92 Å². The molecule has 102 valence electrons. The van der Waals surface area contributed by atoms with Crippen molar-refractivity contribution >= 4 is 11.3 Å². The summed E-state index contributed by atoms with van der Waals surface area (Å²) in [4.78, 5) is 3.98. The summed E-state index contributed by atoms with van der Waals surface area (Å²) in [6.45, 7) is 5.46. The van der Waals surface area contributed by atoms with E-state index in [0.29, 0.717) is 6.04 Å². The lowest BCUT2D eigenvalue weighted by molar-refractivity contribution is 0.0330. The summed E-state index contributed by atoms with van der Waals surface area (Å²) >= 11 is 1.85. The molecule has 1 saturated carbocycles. The minimum Gasteiger partial charge on any atom is -0.329 e. The molecule has 0 amide bonds. The van der Waals surface area contributed by atoms with Gasteiger partial charge in [0.2, 0.25) is 0 Å². The fraction of sp³-hybridized carbons (Fsp3) is 0.733. The van der Waals surface area contributed by atoms with Crippen LogP contribution in [0.4, 0.5) is 0 Å². The van der Waals surface area contributed by atoms with Gasteiger partial charge < -0.3 is 5.73 Å². The number of hydrogen-bond donors (Lipinski definition) is 1. The molecule has 0 aromatic carbocycles. The largest absolute Gasteiger partial charge is 0.329 e. The average molecular weight is 266 g/mol. The Morgan fingerprint density at radius 3 is 2.94 bits per heavy atom. The Bertz CT molecular complexity index is 363. The normalized spacial score (nSPS) is 30.6. The van der Waals surface area contributed by atoms with Crippen LogP contribution in [0.25, 0.3) is 0 Å². The van der Waals surface area contributed by atoms with E-state index in [1.807, 2.05) is 11.3 Å². The van der Waals surface area contributed by atoms with Gasteiger partial charge in [0.15, 0.2) is 0 Å². The quantitative estimate of drug-likeness (QED) is 0.901. The number of rotatable bonds is 4. The molecule has 0 saturated heterocycles. The zero-order chi connectivity index (χ0) is 13.2. The smallest absolute Gasteiger partial charge is 0.0416 e. The monoisotopic (exact) mass is 266 g/mol. The molecule has 1 heterocycles. The van der Waals surface area contributed by atoms with E-state index < -0.39 is 0 Å². The Balaban J connectivity index is 2.16. The third-order valence-corrected chi connectivity index (χ3v) is 5.77. The van der Waals surface area contributed by atoms with Gasteiger partial charge in [-0.2, -0.15) is 0 Å². The molecule has 0 aliphatic heterocycles. The number of thiophene rings is 1. The zero-order valence-electron chi connectivity index (χ0n) is 11.9. The summed E-state index contributed by atoms with van der Waals surface area (Å²) in [6, 6.07) is 4.85. The summed E-state index contributed by atoms with van der Waals surface area (Å²) in [6.07, 6.45) is 5.18. The standard InChI is InChI=1S/C15H26N2S/c1-12-6-4-8-15(10-12,11-16)17(3)13(2)14-7-5-9-18-14/h5,7,9,12-13H,4,6,8,10-11,16H2,1-3H3. The van der Waals surface area contributed by atoms with Crippen LogP contribution < -0.4 is 5.73 Å². The van der Waals surface area contributed by atoms with Gasteiger partial charge in [0.05, 0.1) is 0 Å². The summed E-state index contributed by atoms with van der Waals surface area (Å²) < 4.78 is 0. The van der Waals surface area contributed by atoms with E-state index in [0.717, 1.165) is 12.5 Å². The van der Waals surface area contributed by atoms with Crippen LogP contribution in [-0.4, -0.2) is 24.0 Å². The molecule has 2 N–H and O–H groups in total. The van der Waals surface area contributed by atoms with Crippen molar-refractivity contribution in [1.29, 1.82) is 0 Å². The highest BCUT2D eigenvalue weighted by molar-refractivity contribution is 7.10. The van der Waals surface area contributed by atoms with E-state index in [1.54, 1.807) is 0 Å². The first-order valence-electron chi connectivity index (χ1n) is 7.05. The molecule has 1 aliphatic carbocycles. The molecule has 1 fully saturated rings. The second-order valence-corrected chi connectivity index (χ2v) is 6.91. The summed E-state index contributed by atoms with van der Waals surface area (Å²) in [5, 5.41) is 2.16. The minimum absolute atomic E-state index is 0.209. The molecule has 18 heavy (non-hydrogen) atoms. The van der Waals surface area contributed by atoms with Crippen molar-refractivity contribution in [2.24, 2.45) is 11.7 Å². The predicted molar refractivity (Wildman–Crippen MR) is 79.9 cm³/mol. The van der Waals surface area contributed by atoms with E-state index in [9.17, 15) is 0 Å². The highest BCUT2D eigenvalue weighted by Crippen LogP contribution is 2.40. The second-order valence-electron chi connectivity index (χ2n) is 5.93. The van der Waals surface area contributed by atoms with Gasteiger partial charge in [-0.1, -0.05) is 25.8 Å². The molecular weight excluding hydrogens is 240 g/mol. The third kappa shape index (κ3) is 2.63. The van der Waals surface area contributed by atoms with Crippen molar-refractivity contribution in [3.63, 3.8) is 0 Å². The first-order chi connectivity index (χ1) is 8.59. The van der Waals surface area contributed by atoms with Crippen LogP contribution >= 0.6 is 11.3 Å². The van der Waals surface area contributed by atoms with Crippen LogP contribution in [0.1, 0.15) is 50.4 Å². The summed E-state index contributed by atoms with van der Waals surface area (Å²) in [5.74, 6) is 0.806. The van der Waals surface area contributed by atoms with Crippen molar-refractivity contribution in [3.8, 4) is 0 Å². The fourth-order valence-electron chi connectivity index (χ4n) is 3.41. The van der Waals surface area contributed by atoms with Gasteiger partial charge in [0, 0.05) is 23.0 Å². The molecule has 0 spiro atoms. The number of likely N-dealkylation sites (N-methyl/N-ethyl adjacent to an activating group) is 1. The van der Waals surface area contributed by atoms with E-state index in [1.165, 1.54) is 30.6 Å². The van der Waals surface area contributed by atoms with Crippen molar-refractivity contribution in [2.45, 2.75) is 51.1 Å². The molecule has 3 atom stereocenters. The molecule has 2 rings (SSSR count). The second kappa shape index (κ2) is 5.72. The molecule has 3 heteroatoms. The van der Waals surface area contributed by atoms with Crippen LogP contribution in [0.3, 0.4) is 0 Å². The predicted octanol–water partition coefficient (Wildman–Crippen LogP) is 3.65. The van der Waals surface area contributed by atoms with Gasteiger partial charge in [-0.25, -0.2) is 0 Å². The van der Waals surface area contributed by atoms with Crippen LogP contribution in [0.2, 0.25) is 0 Å². The molecule has 3 unspecified atom stereocenters. The molecule has 1 aliphatic rings. The highest BCUT2D eigenvalue weighted by Gasteiger charge is 2.39. The number of nitrogens with two attached hydrogens (primary N) is 1. The molecule has 1 aromatic rings. The number of hydrogen-bond acceptors (Lipinski definition) is 3. The van der Waals surface area contributed by atoms with Gasteiger partial charge in [-0.05, 0) is 44.2 Å². The highest BCUT2D eigenvalue weighted by atomic mass is 32.1. The lowest BCUT2D eigenvalue weighted by Gasteiger charge is -2.48. The van der Waals surface area contributed by atoms with Crippen molar-refractivity contribution in [3.05, 3.63) is 22.4 Å². The van der Waals surface area contributed by atoms with Crippen LogP contribution in [0.15, 0.2) is 17.5 Å². The van der Waals surface area contributed by atoms with Crippen LogP contribution in [0.5, 0.6) is 0 Å². The van der Waals surface area contributed by atoms with E-state index in [2.05, 4.69) is 43.3 Å². The molecular formula is C15H26N2S. The zero-order valence-corrected chi connectivity index (χ0v) is 12.7. The maximum absolute atomic E-state index is 6.15. The van der Waals surface area contributed by atoms with Gasteiger partial charge in [-0.3, -0.25) is 4.90 Å². The first-order valence-corrected chi connectivity index (χ1v) is 7.93. The van der Waals surface area contributed by atoms with Gasteiger partial charge >= 0.3 is 0 Å². The molecule has 2 nitrogen and oxygen atoms in total. The lowest BCUT2D eigenvalue weighted by Crippen LogP contribution is -2.55. The van der Waals surface area contributed by atoms with Crippen molar-refractivity contribution in [2.75, 3.05) is 13.6 Å². The van der Waals surface area contributed by atoms with Crippen LogP contribution in [-0.2, 0) is 0 Å². The Labute approximate surface area is 115 Å². The van der Waals surface area contributed by atoms with Crippen molar-refractivity contribution in [1.82, 2.24) is 4.90 Å². The SMILES string of the molecule is CC1CCCC(CN)(N(C)C(C)c2cccs2)C1. The Morgan fingerprint density at radius 2 is 2.39 bits per heavy atom. The molecule has 0 bridgehead atoms. The van der Waals surface area contributed by atoms with Gasteiger partial charge in [0.1, 0.15) is 0 Å². The third-order valence-electron chi connectivity index (χ3n) is 4.73. The molecule has 1 aromatic heterocycles. The minimum atomic E-state index is 0.209. The Hall–Kier alpha value is -0.380. The fourth-order valence-corrected chi connectivity index (χ4v) is 4.24. The average Bonchev–Trinajstić information content (AvgIpc) is 2.90. The lowest BCUT2D eigenvalue weighted by atomic mass is 9.75. The maximum Gasteiger partial charge on any atom is 0.0416 e. The first kappa shape index (κ1) is 14.0. The van der Waals surface area contributed by atoms with E-state index >= 15 is 0 Å². The van der Waals surface area contributed by atoms with Gasteiger partial charge in [-0.15, -0.1) is 11.3 Å². The summed E-state index contributed by atoms with van der Waals surface area (Å²) in [5.41, 5.74) is 6.36. The van der Waals surface area contributed by atoms with Crippen molar-refractivity contribution < 1.29 is 0 Å². The summed E-state index contributed by atoms with van der Waals surface area (Å²) in [7, 11) is 2.26. The number of nitrogens with zero attached hydrogens (tertiary/aromatic N) is 1. The Morgan fingerprint density at radius 1 is 1.61 bits per heavy atom. The van der Waals surface area contributed by atoms with E-state index in [-0.39, 0.29) is 5.54 Å². The topological polar surface area (TPSA) is 29.3 Å².